The van der Waals surface area contributed by atoms with E-state index in [0.29, 0.717) is 51.9 Å². The summed E-state index contributed by atoms with van der Waals surface area (Å²) in [6.07, 6.45) is 4.51. The summed E-state index contributed by atoms with van der Waals surface area (Å²) in [6, 6.07) is 18.6. The van der Waals surface area contributed by atoms with Crippen LogP contribution in [0.4, 0.5) is 5.69 Å². The first-order valence-corrected chi connectivity index (χ1v) is 16.8. The number of piperidine rings is 3. The highest BCUT2D eigenvalue weighted by atomic mass is 35.5. The van der Waals surface area contributed by atoms with Gasteiger partial charge in [0.05, 0.1) is 19.8 Å². The molecule has 1 unspecified atom stereocenters. The van der Waals surface area contributed by atoms with Gasteiger partial charge in [-0.1, -0.05) is 65.7 Å². The third kappa shape index (κ3) is 7.41. The van der Waals surface area contributed by atoms with E-state index in [1.807, 2.05) is 36.4 Å². The lowest BCUT2D eigenvalue weighted by molar-refractivity contribution is -0.904. The molecule has 3 saturated heterocycles. The van der Waals surface area contributed by atoms with E-state index in [-0.39, 0.29) is 28.1 Å². The van der Waals surface area contributed by atoms with E-state index in [9.17, 15) is 19.9 Å². The molecule has 0 aliphatic carbocycles. The van der Waals surface area contributed by atoms with Crippen LogP contribution in [0.5, 0.6) is 11.5 Å². The molecule has 4 aromatic rings. The zero-order valence-corrected chi connectivity index (χ0v) is 28.7. The number of pyridine rings is 1. The zero-order valence-electron chi connectivity index (χ0n) is 27.1. The lowest BCUT2D eigenvalue weighted by Crippen LogP contribution is -2.52. The number of nitrogens with one attached hydrogen (secondary N) is 1. The lowest BCUT2D eigenvalue weighted by atomic mass is 9.82. The van der Waals surface area contributed by atoms with E-state index in [2.05, 4.69) is 10.2 Å². The van der Waals surface area contributed by atoms with Crippen molar-refractivity contribution in [3.05, 3.63) is 117 Å². The second-order valence-corrected chi connectivity index (χ2v) is 13.2. The Bertz CT molecular complexity index is 1810. The van der Waals surface area contributed by atoms with Gasteiger partial charge >= 0.3 is 11.9 Å². The number of nitrogens with zero attached hydrogens (tertiary/aromatic N) is 2. The van der Waals surface area contributed by atoms with Gasteiger partial charge in [-0.15, -0.1) is 0 Å². The van der Waals surface area contributed by atoms with E-state index in [4.69, 9.17) is 37.4 Å². The number of rotatable bonds is 12. The van der Waals surface area contributed by atoms with Crippen LogP contribution in [-0.2, 0) is 16.0 Å². The third-order valence-corrected chi connectivity index (χ3v) is 10.2. The molecule has 256 valence electrons. The Balaban J connectivity index is 1.48. The average Bonchev–Trinajstić information content (AvgIpc) is 3.11. The van der Waals surface area contributed by atoms with Gasteiger partial charge in [0.2, 0.25) is 12.4 Å². The Morgan fingerprint density at radius 1 is 0.939 bits per heavy atom. The van der Waals surface area contributed by atoms with Crippen molar-refractivity contribution in [2.24, 2.45) is 5.92 Å². The van der Waals surface area contributed by atoms with E-state index in [1.165, 1.54) is 32.7 Å². The topological polar surface area (TPSA) is 121 Å². The molecule has 4 heterocycles. The van der Waals surface area contributed by atoms with Crippen LogP contribution in [0.15, 0.2) is 79.1 Å². The maximum atomic E-state index is 14.1. The van der Waals surface area contributed by atoms with Crippen molar-refractivity contribution in [1.82, 2.24) is 4.90 Å². The van der Waals surface area contributed by atoms with Crippen molar-refractivity contribution in [1.29, 1.82) is 0 Å². The van der Waals surface area contributed by atoms with Crippen molar-refractivity contribution in [3.8, 4) is 11.5 Å². The summed E-state index contributed by atoms with van der Waals surface area (Å²) >= 11 is 13.2. The second kappa shape index (κ2) is 14.9. The van der Waals surface area contributed by atoms with Gasteiger partial charge in [0.25, 0.3) is 0 Å². The first-order valence-electron chi connectivity index (χ1n) is 16.1. The van der Waals surface area contributed by atoms with Crippen molar-refractivity contribution in [2.45, 2.75) is 37.3 Å². The number of aromatic nitrogens is 1. The number of halogens is 2. The van der Waals surface area contributed by atoms with Crippen LogP contribution >= 0.6 is 23.2 Å². The van der Waals surface area contributed by atoms with Crippen LogP contribution in [0.3, 0.4) is 0 Å². The fraction of sp³-hybridized carbons (Fsp3) is 0.324. The number of carboxylic acid groups (broad SMARTS) is 1. The summed E-state index contributed by atoms with van der Waals surface area (Å²) in [4.78, 5) is 29.4. The summed E-state index contributed by atoms with van der Waals surface area (Å²) in [6.45, 7) is 2.72. The molecule has 3 atom stereocenters. The monoisotopic (exact) mass is 706 g/mol. The molecule has 10 nitrogen and oxygen atoms in total. The molecule has 2 bridgehead atoms. The molecule has 49 heavy (non-hydrogen) atoms. The predicted octanol–water partition coefficient (Wildman–Crippen LogP) is 6.40. The zero-order chi connectivity index (χ0) is 34.7. The summed E-state index contributed by atoms with van der Waals surface area (Å²) < 4.78 is 18.1. The van der Waals surface area contributed by atoms with Gasteiger partial charge in [-0.05, 0) is 79.2 Å². The quantitative estimate of drug-likeness (QED) is 0.0873. The molecule has 0 spiro atoms. The molecule has 7 rings (SSSR count). The molecule has 3 aliphatic heterocycles. The minimum atomic E-state index is -1.16. The summed E-state index contributed by atoms with van der Waals surface area (Å²) in [5.74, 6) is -1.05. The highest BCUT2D eigenvalue weighted by Gasteiger charge is 2.38. The number of carbonyl (C=O) groups excluding carboxylic acids is 1. The minimum absolute atomic E-state index is 0.0164. The summed E-state index contributed by atoms with van der Waals surface area (Å²) in [5, 5.41) is 24.4. The summed E-state index contributed by atoms with van der Waals surface area (Å²) in [5.41, 5.74) is 2.66. The van der Waals surface area contributed by atoms with Gasteiger partial charge in [-0.25, -0.2) is 9.59 Å². The first-order chi connectivity index (χ1) is 23.7. The Morgan fingerprint density at radius 3 is 2.24 bits per heavy atom. The van der Waals surface area contributed by atoms with Crippen molar-refractivity contribution in [2.75, 3.05) is 39.2 Å². The molecular weight excluding hydrogens is 669 g/mol. The second-order valence-electron chi connectivity index (χ2n) is 12.4. The van der Waals surface area contributed by atoms with Gasteiger partial charge in [-0.2, -0.15) is 0 Å². The number of anilines is 1. The van der Waals surface area contributed by atoms with Crippen LogP contribution in [0.1, 0.15) is 57.4 Å². The highest BCUT2D eigenvalue weighted by molar-refractivity contribution is 6.35. The number of fused-ring (bicyclic) bond motifs is 3. The van der Waals surface area contributed by atoms with Crippen LogP contribution in [0.2, 0.25) is 10.0 Å². The number of hydrogen-bond donors (Lipinski definition) is 3. The Kier molecular flexibility index (Phi) is 10.5. The number of carboxylic acids is 1. The number of benzene rings is 3. The number of hydrogen-bond acceptors (Lipinski definition) is 8. The average molecular weight is 708 g/mol. The number of carbonyl (C=O) groups is 2. The standard InChI is InChI=1S/C37H37Cl2N3O7/c1-47-31-12-11-24(17-32(31)48-2)26(18-27-28(38)19-42(46)20-29(27)39)34-25(36(43)44)9-6-10-30(34)40-35(23-7-4-3-5-8-23)37(45)49-33-21-41-15-13-22(33)14-16-41/h3-12,17,19-20,22,26,33,35,40H,13-16,18,21H2,1-2H3,(H-,43,44,46)/p+1/t26-,33-,35?/m0/s1. The highest BCUT2D eigenvalue weighted by Crippen LogP contribution is 2.42. The molecule has 12 heteroatoms. The van der Waals surface area contributed by atoms with Gasteiger partial charge in [0.15, 0.2) is 17.5 Å². The Labute approximate surface area is 294 Å². The molecule has 3 N–H and O–H groups in total. The molecule has 0 radical (unpaired) electrons. The van der Waals surface area contributed by atoms with Gasteiger partial charge in [0.1, 0.15) is 16.1 Å². The largest absolute Gasteiger partial charge is 0.493 e. The number of methoxy groups -OCH3 is 2. The maximum Gasteiger partial charge on any atom is 0.336 e. The molecule has 0 saturated carbocycles. The fourth-order valence-corrected chi connectivity index (χ4v) is 7.59. The van der Waals surface area contributed by atoms with Gasteiger partial charge < -0.3 is 24.6 Å². The van der Waals surface area contributed by atoms with Crippen molar-refractivity contribution >= 4 is 40.8 Å². The number of aromatic carboxylic acids is 1. The van der Waals surface area contributed by atoms with Crippen LogP contribution in [0, 0.1) is 5.92 Å². The van der Waals surface area contributed by atoms with Crippen molar-refractivity contribution < 1.29 is 38.8 Å². The molecule has 3 fully saturated rings. The number of esters is 1. The first kappa shape index (κ1) is 34.4. The van der Waals surface area contributed by atoms with Crippen molar-refractivity contribution in [3.63, 3.8) is 0 Å². The van der Waals surface area contributed by atoms with Crippen LogP contribution in [-0.4, -0.2) is 67.1 Å². The normalized spacial score (nSPS) is 19.5. The number of ether oxygens (including phenoxy) is 3. The SMILES string of the molecule is COc1ccc([C@H](Cc2c(Cl)c[n+](O)cc2Cl)c2c(NC(C(=O)O[C@H]3CN4CCC3CC4)c3ccccc3)cccc2C(=O)O)cc1OC. The minimum Gasteiger partial charge on any atom is -0.493 e. The maximum absolute atomic E-state index is 14.1. The van der Waals surface area contributed by atoms with Gasteiger partial charge in [0, 0.05) is 28.4 Å². The van der Waals surface area contributed by atoms with E-state index in [0.717, 1.165) is 30.7 Å². The van der Waals surface area contributed by atoms with Crippen LogP contribution in [0.25, 0.3) is 0 Å². The van der Waals surface area contributed by atoms with E-state index in [1.54, 1.807) is 24.3 Å². The third-order valence-electron chi connectivity index (χ3n) is 9.50. The molecular formula is C37H38Cl2N3O7+. The molecule has 3 aliphatic rings. The van der Waals surface area contributed by atoms with Gasteiger partial charge in [-0.3, -0.25) is 10.1 Å². The van der Waals surface area contributed by atoms with E-state index < -0.39 is 23.9 Å². The Hall–Kier alpha value is -4.51. The smallest absolute Gasteiger partial charge is 0.336 e. The lowest BCUT2D eigenvalue weighted by Gasteiger charge is -2.44. The van der Waals surface area contributed by atoms with Crippen LogP contribution < -0.4 is 19.5 Å². The fourth-order valence-electron chi connectivity index (χ4n) is 6.99. The predicted molar refractivity (Wildman–Crippen MR) is 184 cm³/mol. The summed E-state index contributed by atoms with van der Waals surface area (Å²) in [7, 11) is 3.05. The molecule has 1 aromatic heterocycles. The molecule has 0 amide bonds. The Morgan fingerprint density at radius 2 is 1.63 bits per heavy atom. The van der Waals surface area contributed by atoms with E-state index >= 15 is 0 Å². The molecule has 3 aromatic carbocycles.